The lowest BCUT2D eigenvalue weighted by Gasteiger charge is -1.99. The Labute approximate surface area is 67.7 Å². The Bertz CT molecular complexity index is 150. The van der Waals surface area contributed by atoms with Crippen molar-refractivity contribution in [3.8, 4) is 0 Å². The minimum atomic E-state index is 0.285. The van der Waals surface area contributed by atoms with Gasteiger partial charge in [0.15, 0.2) is 0 Å². The number of allylic oxidation sites excluding steroid dienone is 1. The predicted octanol–water partition coefficient (Wildman–Crippen LogP) is 1.27. The molecule has 0 aromatic carbocycles. The molecular formula is C9H15NO. The maximum Gasteiger partial charge on any atom is 0.137 e. The van der Waals surface area contributed by atoms with Gasteiger partial charge >= 0.3 is 0 Å². The van der Waals surface area contributed by atoms with E-state index in [1.165, 1.54) is 12.8 Å². The predicted molar refractivity (Wildman–Crippen MR) is 45.5 cm³/mol. The van der Waals surface area contributed by atoms with Crippen molar-refractivity contribution in [2.24, 2.45) is 0 Å². The molecule has 0 atom stereocenters. The average molecular weight is 153 g/mol. The molecule has 0 unspecified atom stereocenters. The van der Waals surface area contributed by atoms with Crippen molar-refractivity contribution in [2.75, 3.05) is 6.54 Å². The van der Waals surface area contributed by atoms with Gasteiger partial charge in [-0.3, -0.25) is 4.79 Å². The first-order valence-electron chi connectivity index (χ1n) is 4.19. The highest BCUT2D eigenvalue weighted by molar-refractivity contribution is 5.79. The van der Waals surface area contributed by atoms with Gasteiger partial charge in [0.2, 0.25) is 0 Å². The van der Waals surface area contributed by atoms with Gasteiger partial charge < -0.3 is 5.32 Å². The largest absolute Gasteiger partial charge is 0.314 e. The Morgan fingerprint density at radius 2 is 2.36 bits per heavy atom. The van der Waals surface area contributed by atoms with E-state index in [2.05, 4.69) is 11.9 Å². The van der Waals surface area contributed by atoms with E-state index in [9.17, 15) is 4.79 Å². The average Bonchev–Trinajstić information content (AvgIpc) is 2.72. The molecule has 0 heterocycles. The van der Waals surface area contributed by atoms with E-state index >= 15 is 0 Å². The summed E-state index contributed by atoms with van der Waals surface area (Å²) in [6.07, 6.45) is 5.42. The first kappa shape index (κ1) is 8.47. The third-order valence-electron chi connectivity index (χ3n) is 1.79. The van der Waals surface area contributed by atoms with Gasteiger partial charge in [0, 0.05) is 25.4 Å². The zero-order valence-corrected chi connectivity index (χ0v) is 6.81. The van der Waals surface area contributed by atoms with E-state index < -0.39 is 0 Å². The quantitative estimate of drug-likeness (QED) is 0.582. The first-order chi connectivity index (χ1) is 5.33. The Morgan fingerprint density at radius 1 is 1.64 bits per heavy atom. The minimum Gasteiger partial charge on any atom is -0.314 e. The highest BCUT2D eigenvalue weighted by atomic mass is 16.1. The molecule has 62 valence electrons. The summed E-state index contributed by atoms with van der Waals surface area (Å²) in [5.74, 6) is 0.285. The number of rotatable bonds is 6. The Morgan fingerprint density at radius 3 is 2.91 bits per heavy atom. The molecule has 1 aliphatic carbocycles. The van der Waals surface area contributed by atoms with Gasteiger partial charge in [-0.1, -0.05) is 6.08 Å². The van der Waals surface area contributed by atoms with E-state index in [4.69, 9.17) is 0 Å². The monoisotopic (exact) mass is 153 g/mol. The molecule has 0 aromatic rings. The molecule has 0 aliphatic heterocycles. The maximum atomic E-state index is 10.9. The maximum absolute atomic E-state index is 10.9. The number of Topliss-reactive ketones (excluding diaryl/α,β-unsaturated/α-hetero) is 1. The van der Waals surface area contributed by atoms with Crippen molar-refractivity contribution in [1.82, 2.24) is 5.32 Å². The van der Waals surface area contributed by atoms with Crippen molar-refractivity contribution in [3.63, 3.8) is 0 Å². The summed E-state index contributed by atoms with van der Waals surface area (Å²) in [7, 11) is 0. The highest BCUT2D eigenvalue weighted by Gasteiger charge is 2.19. The topological polar surface area (TPSA) is 29.1 Å². The van der Waals surface area contributed by atoms with E-state index in [0.29, 0.717) is 18.9 Å². The Balaban J connectivity index is 1.92. The van der Waals surface area contributed by atoms with Crippen molar-refractivity contribution in [2.45, 2.75) is 31.7 Å². The molecule has 1 aliphatic rings. The standard InChI is InChI=1S/C9H15NO/c1-2-3-9(11)6-7-10-8-4-5-8/h2,8,10H,1,3-7H2. The van der Waals surface area contributed by atoms with E-state index in [0.717, 1.165) is 6.54 Å². The lowest BCUT2D eigenvalue weighted by Crippen LogP contribution is -2.19. The molecule has 2 nitrogen and oxygen atoms in total. The number of ketones is 1. The lowest BCUT2D eigenvalue weighted by molar-refractivity contribution is -0.118. The molecule has 0 bridgehead atoms. The van der Waals surface area contributed by atoms with Crippen LogP contribution in [0.1, 0.15) is 25.7 Å². The first-order valence-corrected chi connectivity index (χ1v) is 4.19. The second kappa shape index (κ2) is 4.29. The number of carbonyl (C=O) groups is 1. The van der Waals surface area contributed by atoms with E-state index in [1.54, 1.807) is 6.08 Å². The molecule has 2 heteroatoms. The zero-order chi connectivity index (χ0) is 8.10. The van der Waals surface area contributed by atoms with Crippen LogP contribution < -0.4 is 5.32 Å². The molecule has 0 saturated heterocycles. The van der Waals surface area contributed by atoms with Gasteiger partial charge in [-0.25, -0.2) is 0 Å². The summed E-state index contributed by atoms with van der Waals surface area (Å²) in [4.78, 5) is 10.9. The summed E-state index contributed by atoms with van der Waals surface area (Å²) in [5.41, 5.74) is 0. The number of hydrogen-bond donors (Lipinski definition) is 1. The van der Waals surface area contributed by atoms with Crippen LogP contribution >= 0.6 is 0 Å². The van der Waals surface area contributed by atoms with Crippen LogP contribution in [-0.4, -0.2) is 18.4 Å². The van der Waals surface area contributed by atoms with Gasteiger partial charge in [-0.2, -0.15) is 0 Å². The van der Waals surface area contributed by atoms with Crippen LogP contribution in [0.25, 0.3) is 0 Å². The fourth-order valence-corrected chi connectivity index (χ4v) is 0.966. The lowest BCUT2D eigenvalue weighted by atomic mass is 10.2. The molecular weight excluding hydrogens is 138 g/mol. The van der Waals surface area contributed by atoms with Gasteiger partial charge in [0.1, 0.15) is 5.78 Å². The van der Waals surface area contributed by atoms with Crippen molar-refractivity contribution < 1.29 is 4.79 Å². The summed E-state index contributed by atoms with van der Waals surface area (Å²) < 4.78 is 0. The third-order valence-corrected chi connectivity index (χ3v) is 1.79. The van der Waals surface area contributed by atoms with Gasteiger partial charge in [-0.15, -0.1) is 6.58 Å². The van der Waals surface area contributed by atoms with Crippen LogP contribution in [0.3, 0.4) is 0 Å². The second-order valence-electron chi connectivity index (χ2n) is 3.01. The molecule has 11 heavy (non-hydrogen) atoms. The van der Waals surface area contributed by atoms with Crippen LogP contribution in [0, 0.1) is 0 Å². The van der Waals surface area contributed by atoms with E-state index in [-0.39, 0.29) is 5.78 Å². The number of hydrogen-bond acceptors (Lipinski definition) is 2. The summed E-state index contributed by atoms with van der Waals surface area (Å²) >= 11 is 0. The molecule has 0 radical (unpaired) electrons. The number of nitrogens with one attached hydrogen (secondary N) is 1. The Hall–Kier alpha value is -0.630. The van der Waals surface area contributed by atoms with Crippen molar-refractivity contribution >= 4 is 5.78 Å². The normalized spacial score (nSPS) is 16.4. The van der Waals surface area contributed by atoms with Crippen LogP contribution in [-0.2, 0) is 4.79 Å². The summed E-state index contributed by atoms with van der Waals surface area (Å²) in [5, 5.41) is 3.29. The molecule has 0 spiro atoms. The molecule has 0 aromatic heterocycles. The van der Waals surface area contributed by atoms with Crippen LogP contribution in [0.15, 0.2) is 12.7 Å². The second-order valence-corrected chi connectivity index (χ2v) is 3.01. The molecule has 0 amide bonds. The molecule has 1 saturated carbocycles. The van der Waals surface area contributed by atoms with Crippen LogP contribution in [0.2, 0.25) is 0 Å². The van der Waals surface area contributed by atoms with Gasteiger partial charge in [0.05, 0.1) is 0 Å². The van der Waals surface area contributed by atoms with Crippen LogP contribution in [0.4, 0.5) is 0 Å². The fraction of sp³-hybridized carbons (Fsp3) is 0.667. The fourth-order valence-electron chi connectivity index (χ4n) is 0.966. The summed E-state index contributed by atoms with van der Waals surface area (Å²) in [6.45, 7) is 4.36. The van der Waals surface area contributed by atoms with Crippen molar-refractivity contribution in [3.05, 3.63) is 12.7 Å². The van der Waals surface area contributed by atoms with E-state index in [1.807, 2.05) is 0 Å². The van der Waals surface area contributed by atoms with Crippen molar-refractivity contribution in [1.29, 1.82) is 0 Å². The van der Waals surface area contributed by atoms with Gasteiger partial charge in [-0.05, 0) is 12.8 Å². The third kappa shape index (κ3) is 3.94. The Kier molecular flexibility index (Phi) is 3.30. The number of carbonyl (C=O) groups excluding carboxylic acids is 1. The van der Waals surface area contributed by atoms with Gasteiger partial charge in [0.25, 0.3) is 0 Å². The molecule has 1 N–H and O–H groups in total. The smallest absolute Gasteiger partial charge is 0.137 e. The SMILES string of the molecule is C=CCC(=O)CCNC1CC1. The molecule has 1 fully saturated rings. The zero-order valence-electron chi connectivity index (χ0n) is 6.81. The summed E-state index contributed by atoms with van der Waals surface area (Å²) in [6, 6.07) is 0.714. The highest BCUT2D eigenvalue weighted by Crippen LogP contribution is 2.18. The molecule has 1 rings (SSSR count). The van der Waals surface area contributed by atoms with Crippen LogP contribution in [0.5, 0.6) is 0 Å². The minimum absolute atomic E-state index is 0.285.